The molecule has 0 aliphatic heterocycles. The van der Waals surface area contributed by atoms with Crippen LogP contribution in [0.5, 0.6) is 0 Å². The van der Waals surface area contributed by atoms with E-state index in [-0.39, 0.29) is 13.2 Å². The quantitative estimate of drug-likeness (QED) is 0.548. The minimum absolute atomic E-state index is 0.120. The van der Waals surface area contributed by atoms with E-state index in [9.17, 15) is 5.11 Å². The maximum Gasteiger partial charge on any atom is 0.0897 e. The number of hydrogen-bond donors (Lipinski definition) is 3. The first-order valence-electron chi connectivity index (χ1n) is 5.41. The molecule has 1 aliphatic carbocycles. The fraction of sp³-hybridized carbons (Fsp3) is 1.00. The van der Waals surface area contributed by atoms with Gasteiger partial charge in [-0.25, -0.2) is 0 Å². The lowest BCUT2D eigenvalue weighted by Gasteiger charge is -2.29. The van der Waals surface area contributed by atoms with Gasteiger partial charge in [0.05, 0.1) is 19.3 Å². The Kier molecular flexibility index (Phi) is 5.40. The van der Waals surface area contributed by atoms with Crippen molar-refractivity contribution in [1.82, 2.24) is 4.90 Å². The summed E-state index contributed by atoms with van der Waals surface area (Å²) in [5, 5.41) is 27.0. The molecule has 0 saturated heterocycles. The lowest BCUT2D eigenvalue weighted by molar-refractivity contribution is 0.0383. The molecule has 0 aromatic carbocycles. The topological polar surface area (TPSA) is 63.9 Å². The molecule has 1 rings (SSSR count). The summed E-state index contributed by atoms with van der Waals surface area (Å²) in [5.41, 5.74) is 0. The van der Waals surface area contributed by atoms with Crippen molar-refractivity contribution < 1.29 is 15.3 Å². The Bertz CT molecular complexity index is 148. The first-order chi connectivity index (χ1) is 6.77. The molecule has 4 nitrogen and oxygen atoms in total. The summed E-state index contributed by atoms with van der Waals surface area (Å²) in [5.74, 6) is 0. The molecule has 0 radical (unpaired) electrons. The van der Waals surface area contributed by atoms with Gasteiger partial charge < -0.3 is 15.3 Å². The molecule has 1 aliphatic rings. The minimum atomic E-state index is -0.679. The summed E-state index contributed by atoms with van der Waals surface area (Å²) >= 11 is 0. The van der Waals surface area contributed by atoms with Crippen molar-refractivity contribution in [3.8, 4) is 0 Å². The van der Waals surface area contributed by atoms with Crippen LogP contribution in [0.2, 0.25) is 0 Å². The Morgan fingerprint density at radius 3 is 2.36 bits per heavy atom. The van der Waals surface area contributed by atoms with Gasteiger partial charge in [-0.1, -0.05) is 12.8 Å². The van der Waals surface area contributed by atoms with Crippen LogP contribution in [-0.2, 0) is 0 Å². The third-order valence-corrected chi connectivity index (χ3v) is 2.88. The number of nitrogens with zero attached hydrogens (tertiary/aromatic N) is 1. The predicted octanol–water partition coefficient (Wildman–Crippen LogP) is -0.424. The maximum absolute atomic E-state index is 9.34. The van der Waals surface area contributed by atoms with E-state index in [4.69, 9.17) is 10.2 Å². The van der Waals surface area contributed by atoms with Crippen molar-refractivity contribution >= 4 is 0 Å². The van der Waals surface area contributed by atoms with Crippen molar-refractivity contribution in [2.75, 3.05) is 26.3 Å². The maximum atomic E-state index is 9.34. The average Bonchev–Trinajstić information content (AvgIpc) is 2.69. The summed E-state index contributed by atoms with van der Waals surface area (Å²) in [6, 6.07) is 0.489. The second kappa shape index (κ2) is 6.35. The van der Waals surface area contributed by atoms with E-state index in [2.05, 4.69) is 4.90 Å². The second-order valence-corrected chi connectivity index (χ2v) is 3.99. The molecule has 1 unspecified atom stereocenters. The average molecular weight is 203 g/mol. The summed E-state index contributed by atoms with van der Waals surface area (Å²) in [6.07, 6.45) is 4.10. The third-order valence-electron chi connectivity index (χ3n) is 2.88. The molecule has 1 fully saturated rings. The van der Waals surface area contributed by atoms with Crippen molar-refractivity contribution in [1.29, 1.82) is 0 Å². The van der Waals surface area contributed by atoms with E-state index < -0.39 is 6.10 Å². The molecular formula is C10H21NO3. The van der Waals surface area contributed by atoms with E-state index in [1.807, 2.05) is 0 Å². The minimum Gasteiger partial charge on any atom is -0.395 e. The first-order valence-corrected chi connectivity index (χ1v) is 5.41. The molecule has 1 saturated carbocycles. The summed E-state index contributed by atoms with van der Waals surface area (Å²) < 4.78 is 0. The smallest absolute Gasteiger partial charge is 0.0897 e. The molecule has 0 heterocycles. The Morgan fingerprint density at radius 2 is 1.86 bits per heavy atom. The lowest BCUT2D eigenvalue weighted by Crippen LogP contribution is -2.41. The van der Waals surface area contributed by atoms with Gasteiger partial charge in [0.25, 0.3) is 0 Å². The SMILES string of the molecule is OCCN(CC(O)CO)C1CCCC1. The zero-order valence-corrected chi connectivity index (χ0v) is 8.60. The van der Waals surface area contributed by atoms with Gasteiger partial charge >= 0.3 is 0 Å². The number of rotatable bonds is 6. The standard InChI is InChI=1S/C10H21NO3/c12-6-5-11(7-10(14)8-13)9-3-1-2-4-9/h9-10,12-14H,1-8H2. The van der Waals surface area contributed by atoms with E-state index in [1.165, 1.54) is 12.8 Å². The fourth-order valence-corrected chi connectivity index (χ4v) is 2.15. The van der Waals surface area contributed by atoms with Gasteiger partial charge in [-0.15, -0.1) is 0 Å². The van der Waals surface area contributed by atoms with Gasteiger partial charge in [-0.2, -0.15) is 0 Å². The Hall–Kier alpha value is -0.160. The molecule has 0 aromatic rings. The molecule has 1 atom stereocenters. The Morgan fingerprint density at radius 1 is 1.21 bits per heavy atom. The van der Waals surface area contributed by atoms with E-state index in [0.29, 0.717) is 19.1 Å². The second-order valence-electron chi connectivity index (χ2n) is 3.99. The molecule has 4 heteroatoms. The van der Waals surface area contributed by atoms with Gasteiger partial charge in [-0.05, 0) is 12.8 Å². The fourth-order valence-electron chi connectivity index (χ4n) is 2.15. The molecule has 3 N–H and O–H groups in total. The highest BCUT2D eigenvalue weighted by Gasteiger charge is 2.23. The van der Waals surface area contributed by atoms with Crippen LogP contribution in [0, 0.1) is 0 Å². The van der Waals surface area contributed by atoms with Crippen molar-refractivity contribution in [2.24, 2.45) is 0 Å². The third kappa shape index (κ3) is 3.53. The van der Waals surface area contributed by atoms with Gasteiger partial charge in [0.1, 0.15) is 0 Å². The normalized spacial score (nSPS) is 20.6. The molecule has 0 spiro atoms. The van der Waals surface area contributed by atoms with Gasteiger partial charge in [0.2, 0.25) is 0 Å². The highest BCUT2D eigenvalue weighted by Crippen LogP contribution is 2.23. The Balaban J connectivity index is 2.36. The van der Waals surface area contributed by atoms with Crippen molar-refractivity contribution in [3.63, 3.8) is 0 Å². The molecular weight excluding hydrogens is 182 g/mol. The summed E-state index contributed by atoms with van der Waals surface area (Å²) in [6.45, 7) is 0.993. The zero-order valence-electron chi connectivity index (χ0n) is 8.60. The predicted molar refractivity (Wildman–Crippen MR) is 54.0 cm³/mol. The molecule has 84 valence electrons. The van der Waals surface area contributed by atoms with E-state index in [1.54, 1.807) is 0 Å². The van der Waals surface area contributed by atoms with Crippen LogP contribution in [0.4, 0.5) is 0 Å². The van der Waals surface area contributed by atoms with Crippen LogP contribution in [0.25, 0.3) is 0 Å². The zero-order chi connectivity index (χ0) is 10.4. The van der Waals surface area contributed by atoms with Crippen LogP contribution in [0.15, 0.2) is 0 Å². The molecule has 0 amide bonds. The highest BCUT2D eigenvalue weighted by molar-refractivity contribution is 4.78. The van der Waals surface area contributed by atoms with Crippen molar-refractivity contribution in [3.05, 3.63) is 0 Å². The highest BCUT2D eigenvalue weighted by atomic mass is 16.3. The monoisotopic (exact) mass is 203 g/mol. The number of aliphatic hydroxyl groups excluding tert-OH is 3. The molecule has 14 heavy (non-hydrogen) atoms. The summed E-state index contributed by atoms with van der Waals surface area (Å²) in [7, 11) is 0. The largest absolute Gasteiger partial charge is 0.395 e. The van der Waals surface area contributed by atoms with Gasteiger partial charge in [-0.3, -0.25) is 4.90 Å². The van der Waals surface area contributed by atoms with Gasteiger partial charge in [0, 0.05) is 19.1 Å². The van der Waals surface area contributed by atoms with Crippen molar-refractivity contribution in [2.45, 2.75) is 37.8 Å². The van der Waals surface area contributed by atoms with Crippen LogP contribution in [0.3, 0.4) is 0 Å². The van der Waals surface area contributed by atoms with Crippen LogP contribution < -0.4 is 0 Å². The van der Waals surface area contributed by atoms with E-state index >= 15 is 0 Å². The number of hydrogen-bond acceptors (Lipinski definition) is 4. The lowest BCUT2D eigenvalue weighted by atomic mass is 10.2. The van der Waals surface area contributed by atoms with Gasteiger partial charge in [0.15, 0.2) is 0 Å². The number of aliphatic hydroxyl groups is 3. The van der Waals surface area contributed by atoms with E-state index in [0.717, 1.165) is 12.8 Å². The summed E-state index contributed by atoms with van der Waals surface area (Å²) in [4.78, 5) is 2.09. The van der Waals surface area contributed by atoms with Crippen LogP contribution in [0.1, 0.15) is 25.7 Å². The Labute approximate surface area is 85.2 Å². The molecule has 0 bridgehead atoms. The first kappa shape index (κ1) is 11.9. The van der Waals surface area contributed by atoms with Crippen LogP contribution >= 0.6 is 0 Å². The van der Waals surface area contributed by atoms with Crippen LogP contribution in [-0.4, -0.2) is 58.7 Å². The molecule has 0 aromatic heterocycles.